The molecule has 1 aliphatic heterocycles. The van der Waals surface area contributed by atoms with Crippen LogP contribution in [0.15, 0.2) is 0 Å². The molecular weight excluding hydrogens is 160 g/mol. The van der Waals surface area contributed by atoms with Crippen molar-refractivity contribution in [2.45, 2.75) is 51.5 Å². The Morgan fingerprint density at radius 3 is 2.67 bits per heavy atom. The Bertz CT molecular complexity index is 124. The van der Waals surface area contributed by atoms with Crippen LogP contribution in [0.3, 0.4) is 0 Å². The Morgan fingerprint density at radius 1 is 1.50 bits per heavy atom. The molecule has 0 bridgehead atoms. The highest BCUT2D eigenvalue weighted by atomic mass is 16.7. The van der Waals surface area contributed by atoms with E-state index in [2.05, 4.69) is 0 Å². The molecule has 1 fully saturated rings. The predicted molar refractivity (Wildman–Crippen MR) is 42.3 cm³/mol. The minimum Gasteiger partial charge on any atom is -0.393 e. The van der Waals surface area contributed by atoms with E-state index in [-0.39, 0.29) is 6.10 Å². The third kappa shape index (κ3) is 3.06. The van der Waals surface area contributed by atoms with Crippen LogP contribution in [0.4, 0.5) is 0 Å². The average molecular weight is 176 g/mol. The van der Waals surface area contributed by atoms with Gasteiger partial charge in [0.25, 0.3) is 0 Å². The van der Waals surface area contributed by atoms with Crippen molar-refractivity contribution in [2.24, 2.45) is 0 Å². The summed E-state index contributed by atoms with van der Waals surface area (Å²) >= 11 is 0. The van der Waals surface area contributed by atoms with Crippen molar-refractivity contribution in [3.05, 3.63) is 0 Å². The lowest BCUT2D eigenvalue weighted by atomic mass is 10.2. The van der Waals surface area contributed by atoms with Gasteiger partial charge in [-0.2, -0.15) is 0 Å². The van der Waals surface area contributed by atoms with E-state index < -0.39 is 18.7 Å². The summed E-state index contributed by atoms with van der Waals surface area (Å²) in [7, 11) is 0. The van der Waals surface area contributed by atoms with Crippen molar-refractivity contribution >= 4 is 0 Å². The molecule has 2 N–H and O–H groups in total. The highest BCUT2D eigenvalue weighted by Gasteiger charge is 2.26. The molecule has 72 valence electrons. The van der Waals surface area contributed by atoms with Crippen LogP contribution in [0.5, 0.6) is 0 Å². The summed E-state index contributed by atoms with van der Waals surface area (Å²) in [6.45, 7) is 3.54. The number of hydrogen-bond acceptors (Lipinski definition) is 4. The van der Waals surface area contributed by atoms with Crippen molar-refractivity contribution in [1.29, 1.82) is 0 Å². The molecule has 1 aliphatic rings. The van der Waals surface area contributed by atoms with E-state index in [1.54, 1.807) is 6.92 Å². The van der Waals surface area contributed by atoms with Crippen molar-refractivity contribution in [2.75, 3.05) is 0 Å². The molecule has 1 unspecified atom stereocenters. The molecule has 12 heavy (non-hydrogen) atoms. The van der Waals surface area contributed by atoms with Gasteiger partial charge in [0.15, 0.2) is 12.6 Å². The van der Waals surface area contributed by atoms with Gasteiger partial charge < -0.3 is 19.7 Å². The molecule has 4 atom stereocenters. The van der Waals surface area contributed by atoms with Crippen LogP contribution in [-0.4, -0.2) is 35.0 Å². The van der Waals surface area contributed by atoms with Crippen LogP contribution in [-0.2, 0) is 9.47 Å². The first-order valence-corrected chi connectivity index (χ1v) is 4.25. The molecule has 1 rings (SSSR count). The highest BCUT2D eigenvalue weighted by molar-refractivity contribution is 4.63. The quantitative estimate of drug-likeness (QED) is 0.632. The van der Waals surface area contributed by atoms with E-state index in [9.17, 15) is 5.11 Å². The zero-order chi connectivity index (χ0) is 9.14. The maximum atomic E-state index is 9.18. The zero-order valence-electron chi connectivity index (χ0n) is 7.43. The molecule has 1 heterocycles. The number of rotatable bonds is 2. The molecule has 0 spiro atoms. The fraction of sp³-hybridized carbons (Fsp3) is 1.00. The second-order valence-corrected chi connectivity index (χ2v) is 3.29. The molecule has 0 aromatic rings. The largest absolute Gasteiger partial charge is 0.393 e. The first-order valence-electron chi connectivity index (χ1n) is 4.25. The first kappa shape index (κ1) is 9.92. The van der Waals surface area contributed by atoms with Gasteiger partial charge >= 0.3 is 0 Å². The minimum atomic E-state index is -0.752. The third-order valence-corrected chi connectivity index (χ3v) is 1.76. The van der Waals surface area contributed by atoms with Crippen molar-refractivity contribution in [3.63, 3.8) is 0 Å². The Labute approximate surface area is 72.1 Å². The van der Waals surface area contributed by atoms with Crippen LogP contribution in [0, 0.1) is 0 Å². The molecule has 4 nitrogen and oxygen atoms in total. The predicted octanol–water partition coefficient (Wildman–Crippen LogP) is 0.227. The van der Waals surface area contributed by atoms with Gasteiger partial charge in [-0.25, -0.2) is 0 Å². The maximum absolute atomic E-state index is 9.18. The second kappa shape index (κ2) is 4.18. The lowest BCUT2D eigenvalue weighted by Crippen LogP contribution is -2.38. The van der Waals surface area contributed by atoms with Crippen LogP contribution < -0.4 is 0 Å². The summed E-state index contributed by atoms with van der Waals surface area (Å²) in [5.41, 5.74) is 0. The summed E-state index contributed by atoms with van der Waals surface area (Å²) in [6.07, 6.45) is -0.788. The van der Waals surface area contributed by atoms with Crippen LogP contribution >= 0.6 is 0 Å². The second-order valence-electron chi connectivity index (χ2n) is 3.29. The van der Waals surface area contributed by atoms with Crippen LogP contribution in [0.25, 0.3) is 0 Å². The van der Waals surface area contributed by atoms with Gasteiger partial charge in [-0.1, -0.05) is 0 Å². The smallest absolute Gasteiger partial charge is 0.163 e. The monoisotopic (exact) mass is 176 g/mol. The molecule has 0 aromatic carbocycles. The lowest BCUT2D eigenvalue weighted by Gasteiger charge is -2.32. The fourth-order valence-electron chi connectivity index (χ4n) is 1.25. The van der Waals surface area contributed by atoms with E-state index in [4.69, 9.17) is 14.6 Å². The summed E-state index contributed by atoms with van der Waals surface area (Å²) < 4.78 is 10.4. The van der Waals surface area contributed by atoms with Gasteiger partial charge in [-0.15, -0.1) is 0 Å². The average Bonchev–Trinajstić information content (AvgIpc) is 1.81. The van der Waals surface area contributed by atoms with Gasteiger partial charge in [0.05, 0.1) is 12.2 Å². The fourth-order valence-corrected chi connectivity index (χ4v) is 1.25. The maximum Gasteiger partial charge on any atom is 0.163 e. The summed E-state index contributed by atoms with van der Waals surface area (Å²) in [5, 5.41) is 18.2. The van der Waals surface area contributed by atoms with E-state index in [0.29, 0.717) is 12.8 Å². The van der Waals surface area contributed by atoms with Gasteiger partial charge in [0, 0.05) is 12.8 Å². The number of ether oxygens (including phenoxy) is 2. The first-order chi connectivity index (χ1) is 5.58. The van der Waals surface area contributed by atoms with Crippen LogP contribution in [0.1, 0.15) is 26.7 Å². The Kier molecular flexibility index (Phi) is 3.46. The van der Waals surface area contributed by atoms with Crippen molar-refractivity contribution < 1.29 is 19.7 Å². The molecule has 0 radical (unpaired) electrons. The van der Waals surface area contributed by atoms with Crippen molar-refractivity contribution in [1.82, 2.24) is 0 Å². The number of hydrogen-bond donors (Lipinski definition) is 2. The number of aliphatic hydroxyl groups excluding tert-OH is 2. The van der Waals surface area contributed by atoms with E-state index >= 15 is 0 Å². The SMILES string of the molecule is CC(O)C[C@@H]1O[C@H](C)C[C@@H](O)O1. The molecule has 0 saturated carbocycles. The molecular formula is C8H16O4. The standard InChI is InChI=1S/C8H16O4/c1-5(9)3-8-11-6(2)4-7(10)12-8/h5-10H,3-4H2,1-2H3/t5?,6-,7+,8-/m1/s1. The third-order valence-electron chi connectivity index (χ3n) is 1.76. The molecule has 1 saturated heterocycles. The summed E-state index contributed by atoms with van der Waals surface area (Å²) in [4.78, 5) is 0. The Morgan fingerprint density at radius 2 is 2.17 bits per heavy atom. The summed E-state index contributed by atoms with van der Waals surface area (Å²) in [5.74, 6) is 0. The van der Waals surface area contributed by atoms with E-state index in [1.807, 2.05) is 6.92 Å². The van der Waals surface area contributed by atoms with Gasteiger partial charge in [-0.3, -0.25) is 0 Å². The molecule has 4 heteroatoms. The van der Waals surface area contributed by atoms with Gasteiger partial charge in [0.1, 0.15) is 0 Å². The lowest BCUT2D eigenvalue weighted by molar-refractivity contribution is -0.295. The minimum absolute atomic E-state index is 0.00231. The number of aliphatic hydroxyl groups is 2. The topological polar surface area (TPSA) is 58.9 Å². The Hall–Kier alpha value is -0.160. The molecule has 0 aromatic heterocycles. The highest BCUT2D eigenvalue weighted by Crippen LogP contribution is 2.19. The summed E-state index contributed by atoms with van der Waals surface area (Å²) in [6, 6.07) is 0. The van der Waals surface area contributed by atoms with E-state index in [0.717, 1.165) is 0 Å². The molecule has 0 aliphatic carbocycles. The van der Waals surface area contributed by atoms with Gasteiger partial charge in [0.2, 0.25) is 0 Å². The normalized spacial score (nSPS) is 39.5. The van der Waals surface area contributed by atoms with E-state index in [1.165, 1.54) is 0 Å². The van der Waals surface area contributed by atoms with Crippen molar-refractivity contribution in [3.8, 4) is 0 Å². The Balaban J connectivity index is 2.34. The zero-order valence-corrected chi connectivity index (χ0v) is 7.43. The molecule has 0 amide bonds. The van der Waals surface area contributed by atoms with Crippen LogP contribution in [0.2, 0.25) is 0 Å². The van der Waals surface area contributed by atoms with Gasteiger partial charge in [-0.05, 0) is 13.8 Å².